The van der Waals surface area contributed by atoms with Gasteiger partial charge in [-0.25, -0.2) is 13.1 Å². The molecule has 162 valence electrons. The molecule has 1 amide bonds. The molecule has 2 aromatic heterocycles. The molecule has 1 aromatic carbocycles. The average molecular weight is 461 g/mol. The Balaban J connectivity index is 1.58. The number of benzene rings is 1. The second kappa shape index (κ2) is 7.42. The molecule has 0 radical (unpaired) electrons. The molecule has 5 rings (SSSR count). The van der Waals surface area contributed by atoms with Crippen molar-refractivity contribution in [3.8, 4) is 0 Å². The van der Waals surface area contributed by atoms with Crippen molar-refractivity contribution in [3.63, 3.8) is 0 Å². The predicted octanol–water partition coefficient (Wildman–Crippen LogP) is 3.56. The highest BCUT2D eigenvalue weighted by Crippen LogP contribution is 2.40. The third-order valence-corrected chi connectivity index (χ3v) is 7.95. The van der Waals surface area contributed by atoms with Gasteiger partial charge in [0.1, 0.15) is 17.1 Å². The van der Waals surface area contributed by atoms with Crippen LogP contribution in [0.4, 0.5) is 5.69 Å². The lowest BCUT2D eigenvalue weighted by atomic mass is 10.0. The van der Waals surface area contributed by atoms with Crippen LogP contribution in [0.15, 0.2) is 47.1 Å². The first-order chi connectivity index (χ1) is 14.8. The molecule has 0 saturated carbocycles. The summed E-state index contributed by atoms with van der Waals surface area (Å²) in [7, 11) is -3.09. The average Bonchev–Trinajstić information content (AvgIpc) is 3.44. The summed E-state index contributed by atoms with van der Waals surface area (Å²) in [6, 6.07) is 10.6. The number of aromatic nitrogens is 2. The van der Waals surface area contributed by atoms with Crippen LogP contribution < -0.4 is 5.32 Å². The number of para-hydroxylation sites is 1. The number of rotatable bonds is 4. The van der Waals surface area contributed by atoms with Gasteiger partial charge in [-0.3, -0.25) is 4.79 Å². The van der Waals surface area contributed by atoms with Gasteiger partial charge < -0.3 is 14.6 Å². The molecule has 8 nitrogen and oxygen atoms in total. The normalized spacial score (nSPS) is 22.4. The van der Waals surface area contributed by atoms with Crippen LogP contribution in [-0.4, -0.2) is 40.5 Å². The number of furan rings is 1. The summed E-state index contributed by atoms with van der Waals surface area (Å²) in [4.78, 5) is 15.1. The molecule has 3 aromatic rings. The third kappa shape index (κ3) is 3.51. The van der Waals surface area contributed by atoms with E-state index in [1.54, 1.807) is 28.0 Å². The summed E-state index contributed by atoms with van der Waals surface area (Å²) < 4.78 is 31.0. The van der Waals surface area contributed by atoms with E-state index in [1.165, 1.54) is 0 Å². The highest BCUT2D eigenvalue weighted by molar-refractivity contribution is 7.91. The van der Waals surface area contributed by atoms with Gasteiger partial charge in [0.2, 0.25) is 0 Å². The topological polar surface area (TPSA) is 97.4 Å². The van der Waals surface area contributed by atoms with Gasteiger partial charge in [0.15, 0.2) is 9.84 Å². The fourth-order valence-electron chi connectivity index (χ4n) is 4.31. The van der Waals surface area contributed by atoms with Crippen LogP contribution >= 0.6 is 11.6 Å². The molecular weight excluding hydrogens is 440 g/mol. The lowest BCUT2D eigenvalue weighted by molar-refractivity contribution is 0.0651. The van der Waals surface area contributed by atoms with Crippen molar-refractivity contribution in [2.75, 3.05) is 16.8 Å². The number of halogens is 1. The zero-order valence-electron chi connectivity index (χ0n) is 16.8. The Labute approximate surface area is 184 Å². The Morgan fingerprint density at radius 2 is 2.06 bits per heavy atom. The Kier molecular flexibility index (Phi) is 4.82. The number of hydrogen-bond donors (Lipinski definition) is 1. The molecule has 0 aliphatic carbocycles. The second-order valence-electron chi connectivity index (χ2n) is 7.90. The predicted molar refractivity (Wildman–Crippen MR) is 116 cm³/mol. The molecule has 1 fully saturated rings. The number of amides is 1. The summed E-state index contributed by atoms with van der Waals surface area (Å²) in [5, 5.41) is 8.32. The number of carbonyl (C=O) groups is 1. The van der Waals surface area contributed by atoms with Crippen LogP contribution in [-0.2, 0) is 16.4 Å². The van der Waals surface area contributed by atoms with Gasteiger partial charge in [-0.15, -0.1) is 0 Å². The van der Waals surface area contributed by atoms with Gasteiger partial charge in [-0.05, 0) is 37.6 Å². The number of aryl methyl sites for hydroxylation is 1. The highest BCUT2D eigenvalue weighted by Gasteiger charge is 2.39. The van der Waals surface area contributed by atoms with E-state index in [0.29, 0.717) is 39.8 Å². The first kappa shape index (κ1) is 20.1. The zero-order chi connectivity index (χ0) is 21.8. The Morgan fingerprint density at radius 1 is 1.26 bits per heavy atom. The Bertz CT molecular complexity index is 1250. The van der Waals surface area contributed by atoms with Crippen LogP contribution in [0, 0.1) is 6.92 Å². The van der Waals surface area contributed by atoms with Crippen molar-refractivity contribution < 1.29 is 17.6 Å². The first-order valence-corrected chi connectivity index (χ1v) is 12.2. The number of sulfone groups is 1. The molecule has 4 heterocycles. The SMILES string of the molecule is Cc1nn([C@@H]2CCS(=O)(=O)C2)c(Cl)c1[C@@H]1Nc2ccccc2C(=O)N1Cc1ccco1. The number of hydrogen-bond acceptors (Lipinski definition) is 6. The number of nitrogens with one attached hydrogen (secondary N) is 1. The van der Waals surface area contributed by atoms with Gasteiger partial charge in [-0.1, -0.05) is 23.7 Å². The van der Waals surface area contributed by atoms with E-state index in [9.17, 15) is 13.2 Å². The minimum atomic E-state index is -3.09. The number of anilines is 1. The molecule has 0 bridgehead atoms. The Hall–Kier alpha value is -2.78. The van der Waals surface area contributed by atoms with Gasteiger partial charge >= 0.3 is 0 Å². The maximum absolute atomic E-state index is 13.4. The van der Waals surface area contributed by atoms with Crippen LogP contribution in [0.5, 0.6) is 0 Å². The number of nitrogens with zero attached hydrogens (tertiary/aromatic N) is 3. The molecule has 0 spiro atoms. The molecule has 2 aliphatic rings. The van der Waals surface area contributed by atoms with Crippen molar-refractivity contribution in [2.45, 2.75) is 32.1 Å². The fourth-order valence-corrected chi connectivity index (χ4v) is 6.42. The molecule has 2 aliphatic heterocycles. The molecule has 2 atom stereocenters. The summed E-state index contributed by atoms with van der Waals surface area (Å²) in [6.07, 6.45) is 1.46. The monoisotopic (exact) mass is 460 g/mol. The quantitative estimate of drug-likeness (QED) is 0.639. The smallest absolute Gasteiger partial charge is 0.258 e. The van der Waals surface area contributed by atoms with E-state index in [0.717, 1.165) is 0 Å². The molecule has 1 N–H and O–H groups in total. The summed E-state index contributed by atoms with van der Waals surface area (Å²) in [6.45, 7) is 2.06. The molecule has 31 heavy (non-hydrogen) atoms. The minimum absolute atomic E-state index is 0.0171. The van der Waals surface area contributed by atoms with Crippen LogP contribution in [0.1, 0.15) is 46.0 Å². The molecule has 1 saturated heterocycles. The van der Waals surface area contributed by atoms with Gasteiger partial charge in [0.25, 0.3) is 5.91 Å². The van der Waals surface area contributed by atoms with E-state index < -0.39 is 16.0 Å². The van der Waals surface area contributed by atoms with E-state index in [1.807, 2.05) is 31.2 Å². The maximum Gasteiger partial charge on any atom is 0.258 e. The lowest BCUT2D eigenvalue weighted by Gasteiger charge is -2.37. The summed E-state index contributed by atoms with van der Waals surface area (Å²) in [5.41, 5.74) is 2.57. The van der Waals surface area contributed by atoms with Gasteiger partial charge in [0.05, 0.1) is 47.2 Å². The van der Waals surface area contributed by atoms with Crippen LogP contribution in [0.25, 0.3) is 0 Å². The standard InChI is InChI=1S/C21H21ClN4O4S/c1-13-18(19(22)26(24-13)14-8-10-31(28,29)12-14)20-23-17-7-3-2-6-16(17)21(27)25(20)11-15-5-4-9-30-15/h2-7,9,14,20,23H,8,10-12H2,1H3/t14-,20-/m1/s1. The lowest BCUT2D eigenvalue weighted by Crippen LogP contribution is -2.42. The van der Waals surface area contributed by atoms with Crippen LogP contribution in [0.3, 0.4) is 0 Å². The number of carbonyl (C=O) groups excluding carboxylic acids is 1. The van der Waals surface area contributed by atoms with E-state index >= 15 is 0 Å². The fraction of sp³-hybridized carbons (Fsp3) is 0.333. The van der Waals surface area contributed by atoms with Crippen molar-refractivity contribution >= 4 is 33.0 Å². The second-order valence-corrected chi connectivity index (χ2v) is 10.5. The van der Waals surface area contributed by atoms with Crippen molar-refractivity contribution in [3.05, 3.63) is 70.4 Å². The van der Waals surface area contributed by atoms with Crippen molar-refractivity contribution in [2.24, 2.45) is 0 Å². The minimum Gasteiger partial charge on any atom is -0.467 e. The zero-order valence-corrected chi connectivity index (χ0v) is 18.4. The molecular formula is C21H21ClN4O4S. The largest absolute Gasteiger partial charge is 0.467 e. The number of fused-ring (bicyclic) bond motifs is 1. The van der Waals surface area contributed by atoms with Crippen molar-refractivity contribution in [1.82, 2.24) is 14.7 Å². The van der Waals surface area contributed by atoms with Gasteiger partial charge in [-0.2, -0.15) is 5.10 Å². The van der Waals surface area contributed by atoms with Crippen molar-refractivity contribution in [1.29, 1.82) is 0 Å². The molecule has 0 unspecified atom stereocenters. The first-order valence-electron chi connectivity index (χ1n) is 9.98. The molecule has 10 heteroatoms. The van der Waals surface area contributed by atoms with E-state index in [4.69, 9.17) is 16.0 Å². The van der Waals surface area contributed by atoms with Gasteiger partial charge in [0, 0.05) is 5.69 Å². The summed E-state index contributed by atoms with van der Waals surface area (Å²) in [5.74, 6) is 0.633. The summed E-state index contributed by atoms with van der Waals surface area (Å²) >= 11 is 6.76. The van der Waals surface area contributed by atoms with E-state index in [2.05, 4.69) is 10.4 Å². The maximum atomic E-state index is 13.4. The van der Waals surface area contributed by atoms with Crippen LogP contribution in [0.2, 0.25) is 5.15 Å². The highest BCUT2D eigenvalue weighted by atomic mass is 35.5. The Morgan fingerprint density at radius 3 is 2.77 bits per heavy atom. The van der Waals surface area contributed by atoms with E-state index in [-0.39, 0.29) is 30.0 Å². The third-order valence-electron chi connectivity index (χ3n) is 5.83.